The smallest absolute Gasteiger partial charge is 0.124 e. The van der Waals surface area contributed by atoms with Gasteiger partial charge in [0.1, 0.15) is 5.82 Å². The van der Waals surface area contributed by atoms with Crippen LogP contribution in [0.1, 0.15) is 43.5 Å². The van der Waals surface area contributed by atoms with Crippen molar-refractivity contribution in [2.75, 3.05) is 0 Å². The predicted molar refractivity (Wildman–Crippen MR) is 87.2 cm³/mol. The number of rotatable bonds is 3. The minimum Gasteiger partial charge on any atom is -0.324 e. The Hall–Kier alpha value is -1.38. The molecule has 0 spiro atoms. The standard InChI is InChI=1S/C18H21ClFN/c1-18(2,3)13-6-4-12(5-7-13)10-17(21)15-9-8-14(20)11-16(15)19/h4-9,11,17H,10,21H2,1-3H3. The van der Waals surface area contributed by atoms with Crippen LogP contribution in [0.4, 0.5) is 4.39 Å². The quantitative estimate of drug-likeness (QED) is 0.846. The second-order valence-corrected chi connectivity index (χ2v) is 6.83. The highest BCUT2D eigenvalue weighted by molar-refractivity contribution is 6.31. The van der Waals surface area contributed by atoms with E-state index in [-0.39, 0.29) is 17.3 Å². The van der Waals surface area contributed by atoms with Crippen LogP contribution in [-0.4, -0.2) is 0 Å². The number of benzene rings is 2. The Balaban J connectivity index is 2.14. The van der Waals surface area contributed by atoms with E-state index in [0.717, 1.165) is 11.1 Å². The molecule has 0 amide bonds. The largest absolute Gasteiger partial charge is 0.324 e. The molecule has 2 aromatic rings. The van der Waals surface area contributed by atoms with Crippen molar-refractivity contribution in [2.45, 2.75) is 38.6 Å². The van der Waals surface area contributed by atoms with Gasteiger partial charge in [-0.2, -0.15) is 0 Å². The lowest BCUT2D eigenvalue weighted by atomic mass is 9.86. The van der Waals surface area contributed by atoms with E-state index in [1.165, 1.54) is 17.7 Å². The molecule has 0 aliphatic carbocycles. The van der Waals surface area contributed by atoms with Gasteiger partial charge in [0.15, 0.2) is 0 Å². The molecule has 3 heteroatoms. The van der Waals surface area contributed by atoms with Crippen LogP contribution in [0, 0.1) is 5.82 Å². The number of nitrogens with two attached hydrogens (primary N) is 1. The molecule has 21 heavy (non-hydrogen) atoms. The van der Waals surface area contributed by atoms with Crippen LogP contribution in [-0.2, 0) is 11.8 Å². The lowest BCUT2D eigenvalue weighted by Crippen LogP contribution is -2.15. The van der Waals surface area contributed by atoms with Gasteiger partial charge < -0.3 is 5.73 Å². The first-order valence-corrected chi connectivity index (χ1v) is 7.45. The summed E-state index contributed by atoms with van der Waals surface area (Å²) in [4.78, 5) is 0. The van der Waals surface area contributed by atoms with Gasteiger partial charge in [-0.05, 0) is 40.7 Å². The highest BCUT2D eigenvalue weighted by Crippen LogP contribution is 2.26. The Morgan fingerprint density at radius 1 is 1.10 bits per heavy atom. The zero-order valence-corrected chi connectivity index (χ0v) is 13.4. The molecule has 1 atom stereocenters. The summed E-state index contributed by atoms with van der Waals surface area (Å²) in [7, 11) is 0. The molecular formula is C18H21ClFN. The molecule has 0 aliphatic rings. The first kappa shape index (κ1) is 16.0. The molecule has 0 saturated carbocycles. The fourth-order valence-electron chi connectivity index (χ4n) is 2.31. The molecule has 0 fully saturated rings. The topological polar surface area (TPSA) is 26.0 Å². The van der Waals surface area contributed by atoms with Gasteiger partial charge in [0.2, 0.25) is 0 Å². The molecule has 0 radical (unpaired) electrons. The van der Waals surface area contributed by atoms with Gasteiger partial charge in [-0.3, -0.25) is 0 Å². The monoisotopic (exact) mass is 305 g/mol. The summed E-state index contributed by atoms with van der Waals surface area (Å²) < 4.78 is 13.1. The second-order valence-electron chi connectivity index (χ2n) is 6.42. The molecule has 0 bridgehead atoms. The summed E-state index contributed by atoms with van der Waals surface area (Å²) in [6.07, 6.45) is 0.676. The lowest BCUT2D eigenvalue weighted by molar-refractivity contribution is 0.589. The Morgan fingerprint density at radius 3 is 2.24 bits per heavy atom. The minimum absolute atomic E-state index is 0.140. The van der Waals surface area contributed by atoms with E-state index in [1.807, 2.05) is 0 Å². The molecule has 1 unspecified atom stereocenters. The first-order valence-electron chi connectivity index (χ1n) is 7.07. The Kier molecular flexibility index (Phi) is 4.70. The van der Waals surface area contributed by atoms with Crippen LogP contribution < -0.4 is 5.73 Å². The Bertz CT molecular complexity index is 614. The number of hydrogen-bond donors (Lipinski definition) is 1. The van der Waals surface area contributed by atoms with Crippen LogP contribution in [0.3, 0.4) is 0 Å². The molecule has 1 nitrogen and oxygen atoms in total. The van der Waals surface area contributed by atoms with Crippen molar-refractivity contribution in [3.05, 3.63) is 70.0 Å². The molecule has 2 rings (SSSR count). The normalized spacial score (nSPS) is 13.2. The van der Waals surface area contributed by atoms with E-state index >= 15 is 0 Å². The lowest BCUT2D eigenvalue weighted by Gasteiger charge is -2.20. The van der Waals surface area contributed by atoms with Gasteiger partial charge in [0, 0.05) is 11.1 Å². The van der Waals surface area contributed by atoms with E-state index in [2.05, 4.69) is 45.0 Å². The van der Waals surface area contributed by atoms with E-state index < -0.39 is 0 Å². The zero-order valence-electron chi connectivity index (χ0n) is 12.7. The summed E-state index contributed by atoms with van der Waals surface area (Å²) in [5.74, 6) is -0.342. The van der Waals surface area contributed by atoms with Crippen molar-refractivity contribution in [2.24, 2.45) is 5.73 Å². The fourth-order valence-corrected chi connectivity index (χ4v) is 2.61. The Morgan fingerprint density at radius 2 is 1.71 bits per heavy atom. The molecule has 0 aliphatic heterocycles. The van der Waals surface area contributed by atoms with Crippen LogP contribution >= 0.6 is 11.6 Å². The molecule has 0 saturated heterocycles. The maximum Gasteiger partial charge on any atom is 0.124 e. The van der Waals surface area contributed by atoms with Crippen molar-refractivity contribution >= 4 is 11.6 Å². The SMILES string of the molecule is CC(C)(C)c1ccc(CC(N)c2ccc(F)cc2Cl)cc1. The van der Waals surface area contributed by atoms with Crippen LogP contribution in [0.5, 0.6) is 0 Å². The van der Waals surface area contributed by atoms with Gasteiger partial charge in [-0.25, -0.2) is 4.39 Å². The Labute approximate surface area is 130 Å². The second kappa shape index (κ2) is 6.17. The molecule has 0 aromatic heterocycles. The van der Waals surface area contributed by atoms with Crippen LogP contribution in [0.25, 0.3) is 0 Å². The van der Waals surface area contributed by atoms with Crippen molar-refractivity contribution in [3.63, 3.8) is 0 Å². The van der Waals surface area contributed by atoms with Gasteiger partial charge in [0.25, 0.3) is 0 Å². The average molecular weight is 306 g/mol. The minimum atomic E-state index is -0.342. The third-order valence-electron chi connectivity index (χ3n) is 3.64. The third kappa shape index (κ3) is 4.05. The summed E-state index contributed by atoms with van der Waals surface area (Å²) in [6.45, 7) is 6.56. The number of halogens is 2. The predicted octanol–water partition coefficient (Wildman–Crippen LogP) is 5.02. The zero-order chi connectivity index (χ0) is 15.6. The van der Waals surface area contributed by atoms with Crippen molar-refractivity contribution in [1.82, 2.24) is 0 Å². The molecule has 112 valence electrons. The molecule has 0 heterocycles. The molecule has 2 N–H and O–H groups in total. The van der Waals surface area contributed by atoms with Crippen LogP contribution in [0.15, 0.2) is 42.5 Å². The third-order valence-corrected chi connectivity index (χ3v) is 3.96. The molecule has 2 aromatic carbocycles. The number of hydrogen-bond acceptors (Lipinski definition) is 1. The summed E-state index contributed by atoms with van der Waals surface area (Å²) >= 11 is 6.06. The van der Waals surface area contributed by atoms with Gasteiger partial charge in [-0.15, -0.1) is 0 Å². The highest BCUT2D eigenvalue weighted by Gasteiger charge is 2.15. The summed E-state index contributed by atoms with van der Waals surface area (Å²) in [6, 6.07) is 12.6. The van der Waals surface area contributed by atoms with Gasteiger partial charge >= 0.3 is 0 Å². The summed E-state index contributed by atoms with van der Waals surface area (Å²) in [5, 5.41) is 0.383. The van der Waals surface area contributed by atoms with Gasteiger partial charge in [0.05, 0.1) is 0 Å². The van der Waals surface area contributed by atoms with Gasteiger partial charge in [-0.1, -0.05) is 62.7 Å². The maximum atomic E-state index is 13.1. The van der Waals surface area contributed by atoms with E-state index in [0.29, 0.717) is 11.4 Å². The van der Waals surface area contributed by atoms with Crippen LogP contribution in [0.2, 0.25) is 5.02 Å². The summed E-state index contributed by atoms with van der Waals surface area (Å²) in [5.41, 5.74) is 9.55. The fraction of sp³-hybridized carbons (Fsp3) is 0.333. The van der Waals surface area contributed by atoms with Crippen molar-refractivity contribution in [3.8, 4) is 0 Å². The van der Waals surface area contributed by atoms with E-state index in [1.54, 1.807) is 6.07 Å². The van der Waals surface area contributed by atoms with Crippen molar-refractivity contribution in [1.29, 1.82) is 0 Å². The first-order chi connectivity index (χ1) is 9.77. The average Bonchev–Trinajstić information content (AvgIpc) is 2.38. The maximum absolute atomic E-state index is 13.1. The highest BCUT2D eigenvalue weighted by atomic mass is 35.5. The molecular weight excluding hydrogens is 285 g/mol. The van der Waals surface area contributed by atoms with Crippen molar-refractivity contribution < 1.29 is 4.39 Å². The van der Waals surface area contributed by atoms with E-state index in [4.69, 9.17) is 17.3 Å². The van der Waals surface area contributed by atoms with E-state index in [9.17, 15) is 4.39 Å².